The molecule has 38 heavy (non-hydrogen) atoms. The predicted octanol–water partition coefficient (Wildman–Crippen LogP) is 7.51. The second kappa shape index (κ2) is 10.3. The van der Waals surface area contributed by atoms with E-state index in [4.69, 9.17) is 0 Å². The number of anilines is 2. The molecule has 0 aliphatic rings. The number of alkyl halides is 1. The first-order chi connectivity index (χ1) is 18.5. The number of benzene rings is 4. The van der Waals surface area contributed by atoms with Crippen LogP contribution in [0.2, 0.25) is 0 Å². The number of phenolic OH excluding ortho intramolecular Hbond substituents is 2. The van der Waals surface area contributed by atoms with Crippen LogP contribution < -0.4 is 10.6 Å². The average Bonchev–Trinajstić information content (AvgIpc) is 3.55. The summed E-state index contributed by atoms with van der Waals surface area (Å²) in [6.45, 7) is 0.368. The van der Waals surface area contributed by atoms with Gasteiger partial charge in [0.15, 0.2) is 0 Å². The van der Waals surface area contributed by atoms with Gasteiger partial charge in [0.25, 0.3) is 0 Å². The standard InChI is InChI=1S/C29H23FN4O2S2/c30-19(15-31-20-5-1-17(2-6-20)28-33-24-11-9-22(35)13-26(24)37-28)16-32-21-7-3-18(4-8-21)29-34-25-12-10-23(36)14-27(25)38-29/h1-14,19,31-32,35-36H,15-16H2/i30-1. The van der Waals surface area contributed by atoms with Gasteiger partial charge in [0.1, 0.15) is 27.7 Å². The second-order valence-electron chi connectivity index (χ2n) is 8.86. The Hall–Kier alpha value is -4.21. The third-order valence-electron chi connectivity index (χ3n) is 6.06. The zero-order valence-corrected chi connectivity index (χ0v) is 21.7. The lowest BCUT2D eigenvalue weighted by Crippen LogP contribution is -2.23. The predicted molar refractivity (Wildman–Crippen MR) is 155 cm³/mol. The van der Waals surface area contributed by atoms with Crippen molar-refractivity contribution < 1.29 is 14.6 Å². The highest BCUT2D eigenvalue weighted by atomic mass is 32.1. The molecule has 4 N–H and O–H groups in total. The molecule has 4 aromatic carbocycles. The van der Waals surface area contributed by atoms with E-state index in [2.05, 4.69) is 20.6 Å². The van der Waals surface area contributed by atoms with Crippen molar-refractivity contribution in [3.05, 3.63) is 84.9 Å². The largest absolute Gasteiger partial charge is 0.508 e. The van der Waals surface area contributed by atoms with Gasteiger partial charge in [0, 0.05) is 35.6 Å². The third-order valence-corrected chi connectivity index (χ3v) is 8.20. The van der Waals surface area contributed by atoms with E-state index in [1.54, 1.807) is 36.4 Å². The highest BCUT2D eigenvalue weighted by Gasteiger charge is 2.10. The maximum absolute atomic E-state index is 14.6. The number of nitrogens with one attached hydrogen (secondary N) is 2. The molecule has 0 radical (unpaired) electrons. The minimum atomic E-state index is -1.08. The molecule has 6 rings (SSSR count). The number of aromatic nitrogens is 2. The molecule has 0 atom stereocenters. The summed E-state index contributed by atoms with van der Waals surface area (Å²) in [5.41, 5.74) is 5.33. The molecule has 2 aromatic heterocycles. The van der Waals surface area contributed by atoms with Crippen molar-refractivity contribution in [2.45, 2.75) is 6.17 Å². The van der Waals surface area contributed by atoms with Crippen molar-refractivity contribution in [3.8, 4) is 32.6 Å². The lowest BCUT2D eigenvalue weighted by atomic mass is 10.2. The summed E-state index contributed by atoms with van der Waals surface area (Å²) in [5, 5.41) is 27.4. The maximum atomic E-state index is 14.6. The van der Waals surface area contributed by atoms with E-state index in [9.17, 15) is 14.6 Å². The molecule has 6 nitrogen and oxygen atoms in total. The molecule has 0 fully saturated rings. The molecule has 2 heterocycles. The van der Waals surface area contributed by atoms with Gasteiger partial charge < -0.3 is 20.8 Å². The molecule has 9 heteroatoms. The summed E-state index contributed by atoms with van der Waals surface area (Å²) in [6.07, 6.45) is -1.08. The van der Waals surface area contributed by atoms with Crippen LogP contribution in [0.1, 0.15) is 0 Å². The highest BCUT2D eigenvalue weighted by Crippen LogP contribution is 2.33. The molecule has 0 saturated heterocycles. The van der Waals surface area contributed by atoms with Crippen molar-refractivity contribution in [3.63, 3.8) is 0 Å². The molecule has 0 aliphatic carbocycles. The fourth-order valence-corrected chi connectivity index (χ4v) is 6.07. The number of rotatable bonds is 8. The molecule has 0 bridgehead atoms. The molecule has 0 saturated carbocycles. The normalized spacial score (nSPS) is 11.4. The van der Waals surface area contributed by atoms with Crippen molar-refractivity contribution >= 4 is 54.5 Å². The first kappa shape index (κ1) is 24.1. The number of thiazole rings is 2. The lowest BCUT2D eigenvalue weighted by molar-refractivity contribution is 0.365. The van der Waals surface area contributed by atoms with E-state index < -0.39 is 6.17 Å². The zero-order valence-electron chi connectivity index (χ0n) is 20.1. The molecule has 0 unspecified atom stereocenters. The molecule has 0 amide bonds. The lowest BCUT2D eigenvalue weighted by Gasteiger charge is -2.13. The number of hydrogen-bond acceptors (Lipinski definition) is 8. The fourth-order valence-electron chi connectivity index (χ4n) is 4.06. The van der Waals surface area contributed by atoms with E-state index >= 15 is 0 Å². The van der Waals surface area contributed by atoms with Gasteiger partial charge in [-0.05, 0) is 84.9 Å². The molecular weight excluding hydrogens is 518 g/mol. The molecule has 190 valence electrons. The number of halogens is 1. The number of aromatic hydroxyl groups is 2. The van der Waals surface area contributed by atoms with Crippen LogP contribution in [-0.4, -0.2) is 39.4 Å². The van der Waals surface area contributed by atoms with Gasteiger partial charge in [-0.15, -0.1) is 22.7 Å². The van der Waals surface area contributed by atoms with Crippen LogP contribution >= 0.6 is 22.7 Å². The molecular formula is C29H23FN4O2S2. The molecule has 0 spiro atoms. The van der Waals surface area contributed by atoms with Crippen LogP contribution in [0.3, 0.4) is 0 Å². The van der Waals surface area contributed by atoms with Crippen LogP contribution in [0.25, 0.3) is 41.6 Å². The Morgan fingerprint density at radius 3 is 1.47 bits per heavy atom. The second-order valence-corrected chi connectivity index (χ2v) is 10.9. The first-order valence-corrected chi connectivity index (χ1v) is 13.7. The van der Waals surface area contributed by atoms with Crippen LogP contribution in [0.4, 0.5) is 15.8 Å². The van der Waals surface area contributed by atoms with E-state index in [0.717, 1.165) is 53.0 Å². The van der Waals surface area contributed by atoms with Gasteiger partial charge in [-0.1, -0.05) is 0 Å². The van der Waals surface area contributed by atoms with E-state index in [0.29, 0.717) is 0 Å². The van der Waals surface area contributed by atoms with E-state index in [1.165, 1.54) is 22.7 Å². The number of hydrogen-bond donors (Lipinski definition) is 4. The van der Waals surface area contributed by atoms with Crippen LogP contribution in [0.15, 0.2) is 84.9 Å². The topological polar surface area (TPSA) is 90.3 Å². The third kappa shape index (κ3) is 5.25. The minimum absolute atomic E-state index is 0.184. The summed E-state index contributed by atoms with van der Waals surface area (Å²) in [4.78, 5) is 9.25. The van der Waals surface area contributed by atoms with Gasteiger partial charge in [0.2, 0.25) is 0 Å². The van der Waals surface area contributed by atoms with Crippen LogP contribution in [-0.2, 0) is 0 Å². The van der Waals surface area contributed by atoms with Gasteiger partial charge in [-0.25, -0.2) is 14.4 Å². The van der Waals surface area contributed by atoms with Crippen molar-refractivity contribution in [2.24, 2.45) is 0 Å². The maximum Gasteiger partial charge on any atom is 0.134 e. The fraction of sp³-hybridized carbons (Fsp3) is 0.103. The summed E-state index contributed by atoms with van der Waals surface area (Å²) in [7, 11) is 0. The first-order valence-electron chi connectivity index (χ1n) is 12.0. The Morgan fingerprint density at radius 2 is 1.05 bits per heavy atom. The molecule has 6 aromatic rings. The summed E-state index contributed by atoms with van der Waals surface area (Å²) < 4.78 is 16.4. The van der Waals surface area contributed by atoms with Gasteiger partial charge in [0.05, 0.1) is 20.4 Å². The Bertz CT molecular complexity index is 1590. The number of fused-ring (bicyclic) bond motifs is 2. The SMILES string of the molecule is Oc1ccc2nc(-c3ccc(NCC([18F])CNc4ccc(-c5nc6ccc(O)cc6s5)cc4)cc3)sc2c1. The van der Waals surface area contributed by atoms with E-state index in [1.807, 2.05) is 48.5 Å². The number of phenols is 2. The van der Waals surface area contributed by atoms with Crippen molar-refractivity contribution in [1.82, 2.24) is 9.97 Å². The van der Waals surface area contributed by atoms with Gasteiger partial charge in [-0.2, -0.15) is 0 Å². The monoisotopic (exact) mass is 541 g/mol. The zero-order chi connectivity index (χ0) is 26.1. The summed E-state index contributed by atoms with van der Waals surface area (Å²) in [6, 6.07) is 25.8. The summed E-state index contributed by atoms with van der Waals surface area (Å²) in [5.74, 6) is 0.457. The van der Waals surface area contributed by atoms with Crippen molar-refractivity contribution in [1.29, 1.82) is 0 Å². The molecule has 0 aliphatic heterocycles. The Kier molecular flexibility index (Phi) is 6.53. The average molecular weight is 542 g/mol. The van der Waals surface area contributed by atoms with Crippen LogP contribution in [0, 0.1) is 0 Å². The van der Waals surface area contributed by atoms with E-state index in [-0.39, 0.29) is 24.6 Å². The Balaban J connectivity index is 1.01. The van der Waals surface area contributed by atoms with Gasteiger partial charge in [-0.3, -0.25) is 0 Å². The van der Waals surface area contributed by atoms with Crippen molar-refractivity contribution in [2.75, 3.05) is 23.7 Å². The van der Waals surface area contributed by atoms with Crippen LogP contribution in [0.5, 0.6) is 11.5 Å². The smallest absolute Gasteiger partial charge is 0.134 e. The summed E-state index contributed by atoms with van der Waals surface area (Å²) >= 11 is 3.04. The van der Waals surface area contributed by atoms with Gasteiger partial charge >= 0.3 is 0 Å². The highest BCUT2D eigenvalue weighted by molar-refractivity contribution is 7.22. The Labute approximate surface area is 226 Å². The Morgan fingerprint density at radius 1 is 0.632 bits per heavy atom. The quantitative estimate of drug-likeness (QED) is 0.159. The number of nitrogens with zero attached hydrogens (tertiary/aromatic N) is 2. The minimum Gasteiger partial charge on any atom is -0.508 e.